The zero-order valence-electron chi connectivity index (χ0n) is 9.23. The SMILES string of the molecule is CCN1C(=O)c2ccccc2C(C)(O)C1=O. The number of aliphatic hydroxyl groups is 1. The summed E-state index contributed by atoms with van der Waals surface area (Å²) in [7, 11) is 0. The van der Waals surface area contributed by atoms with Crippen LogP contribution >= 0.6 is 0 Å². The molecule has 0 saturated carbocycles. The van der Waals surface area contributed by atoms with Crippen LogP contribution in [-0.4, -0.2) is 28.4 Å². The van der Waals surface area contributed by atoms with Gasteiger partial charge in [-0.25, -0.2) is 0 Å². The summed E-state index contributed by atoms with van der Waals surface area (Å²) in [4.78, 5) is 24.9. The summed E-state index contributed by atoms with van der Waals surface area (Å²) in [5.41, 5.74) is -0.829. The number of rotatable bonds is 1. The predicted octanol–water partition coefficient (Wildman–Crippen LogP) is 0.896. The highest BCUT2D eigenvalue weighted by molar-refractivity contribution is 6.12. The van der Waals surface area contributed by atoms with Gasteiger partial charge in [0.15, 0.2) is 5.60 Å². The van der Waals surface area contributed by atoms with E-state index in [1.54, 1.807) is 31.2 Å². The van der Waals surface area contributed by atoms with Gasteiger partial charge in [0, 0.05) is 17.7 Å². The van der Waals surface area contributed by atoms with E-state index in [2.05, 4.69) is 0 Å². The highest BCUT2D eigenvalue weighted by Gasteiger charge is 2.45. The predicted molar refractivity (Wildman–Crippen MR) is 57.7 cm³/mol. The Morgan fingerprint density at radius 1 is 1.31 bits per heavy atom. The average Bonchev–Trinajstić information content (AvgIpc) is 2.28. The molecular formula is C12H13NO3. The molecule has 1 N–H and O–H groups in total. The monoisotopic (exact) mass is 219 g/mol. The third kappa shape index (κ3) is 1.27. The van der Waals surface area contributed by atoms with Crippen LogP contribution in [-0.2, 0) is 10.4 Å². The minimum absolute atomic E-state index is 0.266. The van der Waals surface area contributed by atoms with Crippen molar-refractivity contribution in [1.29, 1.82) is 0 Å². The zero-order valence-corrected chi connectivity index (χ0v) is 9.23. The number of carbonyl (C=O) groups is 2. The topological polar surface area (TPSA) is 57.6 Å². The molecular weight excluding hydrogens is 206 g/mol. The standard InChI is InChI=1S/C12H13NO3/c1-3-13-10(14)8-6-4-5-7-9(8)12(2,16)11(13)15/h4-7,16H,3H2,1-2H3. The molecule has 1 unspecified atom stereocenters. The highest BCUT2D eigenvalue weighted by Crippen LogP contribution is 2.32. The molecule has 1 atom stereocenters. The number of hydrogen-bond donors (Lipinski definition) is 1. The molecule has 0 fully saturated rings. The Bertz CT molecular complexity index is 465. The first-order valence-electron chi connectivity index (χ1n) is 5.18. The third-order valence-electron chi connectivity index (χ3n) is 2.90. The molecule has 1 aliphatic heterocycles. The van der Waals surface area contributed by atoms with Crippen molar-refractivity contribution < 1.29 is 14.7 Å². The minimum Gasteiger partial charge on any atom is -0.375 e. The number of carbonyl (C=O) groups excluding carboxylic acids is 2. The van der Waals surface area contributed by atoms with Gasteiger partial charge in [-0.2, -0.15) is 0 Å². The summed E-state index contributed by atoms with van der Waals surface area (Å²) >= 11 is 0. The van der Waals surface area contributed by atoms with Crippen LogP contribution in [0.15, 0.2) is 24.3 Å². The molecule has 1 aromatic rings. The molecule has 4 nitrogen and oxygen atoms in total. The van der Waals surface area contributed by atoms with Crippen LogP contribution in [0.4, 0.5) is 0 Å². The van der Waals surface area contributed by atoms with Crippen molar-refractivity contribution in [1.82, 2.24) is 4.90 Å². The molecule has 2 rings (SSSR count). The van der Waals surface area contributed by atoms with Crippen molar-refractivity contribution in [2.24, 2.45) is 0 Å². The Kier molecular flexibility index (Phi) is 2.31. The second kappa shape index (κ2) is 3.42. The van der Waals surface area contributed by atoms with Gasteiger partial charge in [0.25, 0.3) is 11.8 Å². The Hall–Kier alpha value is -1.68. The van der Waals surface area contributed by atoms with E-state index in [1.165, 1.54) is 6.92 Å². The molecule has 4 heteroatoms. The van der Waals surface area contributed by atoms with Crippen molar-refractivity contribution in [3.8, 4) is 0 Å². The molecule has 1 aromatic carbocycles. The Labute approximate surface area is 93.5 Å². The molecule has 0 aliphatic carbocycles. The van der Waals surface area contributed by atoms with Crippen molar-refractivity contribution in [2.75, 3.05) is 6.54 Å². The molecule has 2 amide bonds. The van der Waals surface area contributed by atoms with Crippen LogP contribution in [0.3, 0.4) is 0 Å². The fourth-order valence-electron chi connectivity index (χ4n) is 2.00. The first-order valence-corrected chi connectivity index (χ1v) is 5.18. The van der Waals surface area contributed by atoms with E-state index in [0.29, 0.717) is 11.1 Å². The lowest BCUT2D eigenvalue weighted by atomic mass is 9.86. The summed E-state index contributed by atoms with van der Waals surface area (Å²) < 4.78 is 0. The lowest BCUT2D eigenvalue weighted by Crippen LogP contribution is -2.52. The van der Waals surface area contributed by atoms with E-state index < -0.39 is 11.5 Å². The Morgan fingerprint density at radius 2 is 1.94 bits per heavy atom. The van der Waals surface area contributed by atoms with Crippen molar-refractivity contribution in [2.45, 2.75) is 19.4 Å². The van der Waals surface area contributed by atoms with Gasteiger partial charge in [-0.15, -0.1) is 0 Å². The Morgan fingerprint density at radius 3 is 2.56 bits per heavy atom. The van der Waals surface area contributed by atoms with Gasteiger partial charge in [-0.1, -0.05) is 18.2 Å². The highest BCUT2D eigenvalue weighted by atomic mass is 16.3. The van der Waals surface area contributed by atoms with Gasteiger partial charge in [0.2, 0.25) is 0 Å². The smallest absolute Gasteiger partial charge is 0.265 e. The maximum absolute atomic E-state index is 11.9. The number of benzene rings is 1. The summed E-state index contributed by atoms with van der Waals surface area (Å²) in [5.74, 6) is -0.895. The van der Waals surface area contributed by atoms with Crippen LogP contribution in [0, 0.1) is 0 Å². The number of imide groups is 1. The number of hydrogen-bond acceptors (Lipinski definition) is 3. The van der Waals surface area contributed by atoms with Crippen LogP contribution in [0.25, 0.3) is 0 Å². The van der Waals surface area contributed by atoms with E-state index in [-0.39, 0.29) is 12.5 Å². The molecule has 16 heavy (non-hydrogen) atoms. The molecule has 0 bridgehead atoms. The first kappa shape index (κ1) is 10.8. The first-order chi connectivity index (χ1) is 7.50. The molecule has 0 spiro atoms. The van der Waals surface area contributed by atoms with Gasteiger partial charge in [0.05, 0.1) is 0 Å². The summed E-state index contributed by atoms with van der Waals surface area (Å²) in [5, 5.41) is 10.2. The van der Waals surface area contributed by atoms with Gasteiger partial charge in [0.1, 0.15) is 0 Å². The minimum atomic E-state index is -1.61. The number of likely N-dealkylation sites (N-methyl/N-ethyl adjacent to an activating group) is 1. The van der Waals surface area contributed by atoms with E-state index in [9.17, 15) is 14.7 Å². The van der Waals surface area contributed by atoms with Crippen molar-refractivity contribution >= 4 is 11.8 Å². The fraction of sp³-hybridized carbons (Fsp3) is 0.333. The number of nitrogens with zero attached hydrogens (tertiary/aromatic N) is 1. The van der Waals surface area contributed by atoms with Gasteiger partial charge < -0.3 is 5.11 Å². The number of amides is 2. The van der Waals surface area contributed by atoms with Gasteiger partial charge in [-0.3, -0.25) is 14.5 Å². The Balaban J connectivity index is 2.67. The van der Waals surface area contributed by atoms with E-state index in [1.807, 2.05) is 0 Å². The second-order valence-corrected chi connectivity index (χ2v) is 3.97. The summed E-state index contributed by atoms with van der Waals surface area (Å²) in [6.45, 7) is 3.39. The van der Waals surface area contributed by atoms with Crippen molar-refractivity contribution in [3.05, 3.63) is 35.4 Å². The average molecular weight is 219 g/mol. The zero-order chi connectivity index (χ0) is 11.9. The molecule has 1 heterocycles. The van der Waals surface area contributed by atoms with Crippen LogP contribution in [0.2, 0.25) is 0 Å². The largest absolute Gasteiger partial charge is 0.375 e. The van der Waals surface area contributed by atoms with Crippen LogP contribution in [0.1, 0.15) is 29.8 Å². The number of fused-ring (bicyclic) bond motifs is 1. The van der Waals surface area contributed by atoms with E-state index >= 15 is 0 Å². The van der Waals surface area contributed by atoms with E-state index in [4.69, 9.17) is 0 Å². The van der Waals surface area contributed by atoms with E-state index in [0.717, 1.165) is 4.90 Å². The third-order valence-corrected chi connectivity index (χ3v) is 2.90. The van der Waals surface area contributed by atoms with Gasteiger partial charge >= 0.3 is 0 Å². The van der Waals surface area contributed by atoms with Crippen molar-refractivity contribution in [3.63, 3.8) is 0 Å². The summed E-state index contributed by atoms with van der Waals surface area (Å²) in [6, 6.07) is 6.66. The maximum atomic E-state index is 11.9. The molecule has 0 aromatic heterocycles. The lowest BCUT2D eigenvalue weighted by molar-refractivity contribution is -0.148. The molecule has 84 valence electrons. The summed E-state index contributed by atoms with van der Waals surface area (Å²) in [6.07, 6.45) is 0. The fourth-order valence-corrected chi connectivity index (χ4v) is 2.00. The van der Waals surface area contributed by atoms with Gasteiger partial charge in [-0.05, 0) is 19.9 Å². The van der Waals surface area contributed by atoms with Crippen LogP contribution in [0.5, 0.6) is 0 Å². The molecule has 1 aliphatic rings. The normalized spacial score (nSPS) is 24.6. The quantitative estimate of drug-likeness (QED) is 0.714. The lowest BCUT2D eigenvalue weighted by Gasteiger charge is -2.35. The molecule has 0 saturated heterocycles. The maximum Gasteiger partial charge on any atom is 0.265 e. The molecule has 0 radical (unpaired) electrons. The van der Waals surface area contributed by atoms with Crippen LogP contribution < -0.4 is 0 Å². The second-order valence-electron chi connectivity index (χ2n) is 3.97.